The molecule has 0 bridgehead atoms. The van der Waals surface area contributed by atoms with Crippen molar-refractivity contribution in [2.24, 2.45) is 7.05 Å². The normalized spacial score (nSPS) is 15.7. The van der Waals surface area contributed by atoms with Gasteiger partial charge in [-0.1, -0.05) is 18.1 Å². The number of anilines is 1. The highest BCUT2D eigenvalue weighted by Gasteiger charge is 2.15. The number of rotatable bonds is 5. The summed E-state index contributed by atoms with van der Waals surface area (Å²) >= 11 is 2.02. The van der Waals surface area contributed by atoms with E-state index in [2.05, 4.69) is 39.9 Å². The fourth-order valence-corrected chi connectivity index (χ4v) is 3.77. The Bertz CT molecular complexity index is 543. The minimum absolute atomic E-state index is 0.711. The first-order valence-corrected chi connectivity index (χ1v) is 8.03. The quantitative estimate of drug-likeness (QED) is 0.915. The molecule has 0 unspecified atom stereocenters. The first-order valence-electron chi connectivity index (χ1n) is 7.15. The SMILES string of the molecule is Cn1cc(CNc2ccc(SC3CCCC3)cc2)nn1. The van der Waals surface area contributed by atoms with E-state index >= 15 is 0 Å². The summed E-state index contributed by atoms with van der Waals surface area (Å²) in [7, 11) is 1.88. The second kappa shape index (κ2) is 6.31. The maximum Gasteiger partial charge on any atom is 0.102 e. The van der Waals surface area contributed by atoms with E-state index in [1.54, 1.807) is 4.68 Å². The van der Waals surface area contributed by atoms with Gasteiger partial charge in [-0.05, 0) is 37.1 Å². The van der Waals surface area contributed by atoms with Crippen LogP contribution in [0.4, 0.5) is 5.69 Å². The number of hydrogen-bond acceptors (Lipinski definition) is 4. The molecule has 1 N–H and O–H groups in total. The lowest BCUT2D eigenvalue weighted by molar-refractivity contribution is 0.713. The fourth-order valence-electron chi connectivity index (χ4n) is 2.52. The summed E-state index contributed by atoms with van der Waals surface area (Å²) in [5.74, 6) is 0. The van der Waals surface area contributed by atoms with Crippen LogP contribution in [0.1, 0.15) is 31.4 Å². The molecule has 1 heterocycles. The van der Waals surface area contributed by atoms with E-state index in [1.165, 1.54) is 30.6 Å². The van der Waals surface area contributed by atoms with E-state index in [1.807, 2.05) is 25.0 Å². The van der Waals surface area contributed by atoms with E-state index in [0.717, 1.165) is 16.6 Å². The molecule has 0 aliphatic heterocycles. The smallest absolute Gasteiger partial charge is 0.102 e. The predicted octanol–water partition coefficient (Wildman–Crippen LogP) is 3.46. The number of thioether (sulfide) groups is 1. The van der Waals surface area contributed by atoms with Crippen LogP contribution in [-0.2, 0) is 13.6 Å². The average molecular weight is 288 g/mol. The summed E-state index contributed by atoms with van der Waals surface area (Å²) in [4.78, 5) is 1.38. The lowest BCUT2D eigenvalue weighted by atomic mass is 10.3. The highest BCUT2D eigenvalue weighted by molar-refractivity contribution is 8.00. The molecule has 0 spiro atoms. The summed E-state index contributed by atoms with van der Waals surface area (Å²) in [6, 6.07) is 8.71. The molecule has 1 aromatic carbocycles. The summed E-state index contributed by atoms with van der Waals surface area (Å²) < 4.78 is 1.72. The molecule has 2 aromatic rings. The van der Waals surface area contributed by atoms with E-state index in [0.29, 0.717) is 6.54 Å². The molecule has 0 atom stereocenters. The van der Waals surface area contributed by atoms with Gasteiger partial charge in [0.1, 0.15) is 5.69 Å². The maximum absolute atomic E-state index is 4.06. The number of nitrogens with one attached hydrogen (secondary N) is 1. The van der Waals surface area contributed by atoms with Crippen LogP contribution in [0.2, 0.25) is 0 Å². The molecular formula is C15H20N4S. The van der Waals surface area contributed by atoms with Crippen molar-refractivity contribution in [3.63, 3.8) is 0 Å². The average Bonchev–Trinajstić information content (AvgIpc) is 3.10. The monoisotopic (exact) mass is 288 g/mol. The Hall–Kier alpha value is -1.49. The van der Waals surface area contributed by atoms with Gasteiger partial charge in [0.25, 0.3) is 0 Å². The lowest BCUT2D eigenvalue weighted by Gasteiger charge is -2.09. The van der Waals surface area contributed by atoms with Crippen molar-refractivity contribution in [2.45, 2.75) is 42.4 Å². The number of benzene rings is 1. The fraction of sp³-hybridized carbons (Fsp3) is 0.467. The number of hydrogen-bond donors (Lipinski definition) is 1. The molecule has 1 saturated carbocycles. The van der Waals surface area contributed by atoms with Crippen molar-refractivity contribution in [3.05, 3.63) is 36.2 Å². The number of nitrogens with zero attached hydrogens (tertiary/aromatic N) is 3. The summed E-state index contributed by atoms with van der Waals surface area (Å²) in [5, 5.41) is 12.2. The Balaban J connectivity index is 1.52. The van der Waals surface area contributed by atoms with Gasteiger partial charge < -0.3 is 5.32 Å². The largest absolute Gasteiger partial charge is 0.379 e. The second-order valence-electron chi connectivity index (χ2n) is 5.29. The highest BCUT2D eigenvalue weighted by Crippen LogP contribution is 2.34. The Morgan fingerprint density at radius 3 is 2.65 bits per heavy atom. The summed E-state index contributed by atoms with van der Waals surface area (Å²) in [6.07, 6.45) is 7.47. The molecule has 4 nitrogen and oxygen atoms in total. The van der Waals surface area contributed by atoms with Crippen LogP contribution in [0.3, 0.4) is 0 Å². The predicted molar refractivity (Wildman–Crippen MR) is 82.9 cm³/mol. The molecule has 3 rings (SSSR count). The van der Waals surface area contributed by atoms with Crippen molar-refractivity contribution >= 4 is 17.4 Å². The highest BCUT2D eigenvalue weighted by atomic mass is 32.2. The third-order valence-corrected chi connectivity index (χ3v) is 4.93. The van der Waals surface area contributed by atoms with Crippen LogP contribution < -0.4 is 5.32 Å². The number of aromatic nitrogens is 3. The van der Waals surface area contributed by atoms with Gasteiger partial charge in [0.05, 0.1) is 6.54 Å². The Morgan fingerprint density at radius 2 is 2.00 bits per heavy atom. The zero-order valence-electron chi connectivity index (χ0n) is 11.7. The molecule has 0 amide bonds. The molecule has 0 radical (unpaired) electrons. The molecule has 1 fully saturated rings. The molecule has 5 heteroatoms. The van der Waals surface area contributed by atoms with Crippen molar-refractivity contribution < 1.29 is 0 Å². The summed E-state index contributed by atoms with van der Waals surface area (Å²) in [5.41, 5.74) is 2.09. The van der Waals surface area contributed by atoms with Crippen LogP contribution in [0.15, 0.2) is 35.4 Å². The van der Waals surface area contributed by atoms with Gasteiger partial charge in [-0.15, -0.1) is 16.9 Å². The first-order chi connectivity index (χ1) is 9.79. The van der Waals surface area contributed by atoms with Gasteiger partial charge in [-0.2, -0.15) is 0 Å². The molecule has 106 valence electrons. The zero-order chi connectivity index (χ0) is 13.8. The maximum atomic E-state index is 4.06. The van der Waals surface area contributed by atoms with Crippen LogP contribution in [-0.4, -0.2) is 20.2 Å². The van der Waals surface area contributed by atoms with Crippen LogP contribution in [0.5, 0.6) is 0 Å². The van der Waals surface area contributed by atoms with Crippen LogP contribution >= 0.6 is 11.8 Å². The Kier molecular flexibility index (Phi) is 4.25. The van der Waals surface area contributed by atoms with Gasteiger partial charge in [0.2, 0.25) is 0 Å². The van der Waals surface area contributed by atoms with Crippen LogP contribution in [0.25, 0.3) is 0 Å². The van der Waals surface area contributed by atoms with E-state index in [-0.39, 0.29) is 0 Å². The van der Waals surface area contributed by atoms with Crippen molar-refractivity contribution in [1.29, 1.82) is 0 Å². The molecule has 20 heavy (non-hydrogen) atoms. The third kappa shape index (κ3) is 3.54. The van der Waals surface area contributed by atoms with Gasteiger partial charge in [-0.25, -0.2) is 0 Å². The standard InChI is InChI=1S/C15H20N4S/c1-19-11-13(17-18-19)10-16-12-6-8-15(9-7-12)20-14-4-2-3-5-14/h6-9,11,14,16H,2-5,10H2,1H3. The van der Waals surface area contributed by atoms with Gasteiger partial charge >= 0.3 is 0 Å². The topological polar surface area (TPSA) is 42.7 Å². The molecule has 1 aliphatic rings. The summed E-state index contributed by atoms with van der Waals surface area (Å²) in [6.45, 7) is 0.711. The number of aryl methyl sites for hydroxylation is 1. The van der Waals surface area contributed by atoms with Crippen molar-refractivity contribution in [1.82, 2.24) is 15.0 Å². The third-order valence-electron chi connectivity index (χ3n) is 3.58. The zero-order valence-corrected chi connectivity index (χ0v) is 12.6. The van der Waals surface area contributed by atoms with Crippen molar-refractivity contribution in [3.8, 4) is 0 Å². The van der Waals surface area contributed by atoms with E-state index in [4.69, 9.17) is 0 Å². The molecule has 1 aliphatic carbocycles. The van der Waals surface area contributed by atoms with Crippen LogP contribution in [0, 0.1) is 0 Å². The Labute approximate surface area is 124 Å². The second-order valence-corrected chi connectivity index (χ2v) is 6.66. The molecule has 0 saturated heterocycles. The first kappa shape index (κ1) is 13.5. The van der Waals surface area contributed by atoms with Gasteiger partial charge in [0.15, 0.2) is 0 Å². The van der Waals surface area contributed by atoms with E-state index in [9.17, 15) is 0 Å². The van der Waals surface area contributed by atoms with Gasteiger partial charge in [0, 0.05) is 29.1 Å². The molecular weight excluding hydrogens is 268 g/mol. The van der Waals surface area contributed by atoms with Crippen molar-refractivity contribution in [2.75, 3.05) is 5.32 Å². The lowest BCUT2D eigenvalue weighted by Crippen LogP contribution is -1.99. The Morgan fingerprint density at radius 1 is 1.25 bits per heavy atom. The molecule has 1 aromatic heterocycles. The minimum atomic E-state index is 0.711. The van der Waals surface area contributed by atoms with Gasteiger partial charge in [-0.3, -0.25) is 4.68 Å². The van der Waals surface area contributed by atoms with E-state index < -0.39 is 0 Å². The minimum Gasteiger partial charge on any atom is -0.379 e.